The van der Waals surface area contributed by atoms with Gasteiger partial charge in [0.2, 0.25) is 0 Å². The van der Waals surface area contributed by atoms with Crippen molar-refractivity contribution in [1.29, 1.82) is 0 Å². The average molecular weight is 359 g/mol. The molecule has 0 aliphatic carbocycles. The van der Waals surface area contributed by atoms with Gasteiger partial charge in [-0.3, -0.25) is 9.78 Å². The second-order valence-electron chi connectivity index (χ2n) is 4.40. The first-order valence-corrected chi connectivity index (χ1v) is 6.67. The van der Waals surface area contributed by atoms with Gasteiger partial charge in [-0.05, 0) is 42.8 Å². The molecule has 1 amide bonds. The number of rotatable bonds is 2. The highest BCUT2D eigenvalue weighted by molar-refractivity contribution is 9.10. The summed E-state index contributed by atoms with van der Waals surface area (Å²) in [6.45, 7) is 1.86. The van der Waals surface area contributed by atoms with Crippen LogP contribution in [0.15, 0.2) is 41.0 Å². The number of amides is 1. The smallest absolute Gasteiger partial charge is 0.322 e. The number of carbonyl (C=O) groups is 1. The summed E-state index contributed by atoms with van der Waals surface area (Å²) in [6, 6.07) is 7.19. The van der Waals surface area contributed by atoms with E-state index in [0.717, 1.165) is 28.4 Å². The van der Waals surface area contributed by atoms with Gasteiger partial charge in [-0.25, -0.2) is 0 Å². The molecule has 1 N–H and O–H groups in total. The molecular formula is C14H10BrF3N2O. The van der Waals surface area contributed by atoms with Gasteiger partial charge in [0.05, 0.1) is 5.56 Å². The lowest BCUT2D eigenvalue weighted by Gasteiger charge is -2.08. The van der Waals surface area contributed by atoms with Gasteiger partial charge in [-0.15, -0.1) is 0 Å². The number of benzene rings is 1. The van der Waals surface area contributed by atoms with E-state index in [-0.39, 0.29) is 5.56 Å². The van der Waals surface area contributed by atoms with E-state index in [4.69, 9.17) is 0 Å². The zero-order valence-electron chi connectivity index (χ0n) is 10.8. The molecule has 0 fully saturated rings. The van der Waals surface area contributed by atoms with Crippen molar-refractivity contribution in [3.63, 3.8) is 0 Å². The van der Waals surface area contributed by atoms with Crippen LogP contribution in [0.5, 0.6) is 0 Å². The number of alkyl halides is 3. The maximum absolute atomic E-state index is 12.4. The number of carbonyl (C=O) groups excluding carboxylic acids is 1. The third-order valence-electron chi connectivity index (χ3n) is 2.62. The fourth-order valence-corrected chi connectivity index (χ4v) is 2.32. The Kier molecular flexibility index (Phi) is 4.32. The minimum atomic E-state index is -4.52. The maximum Gasteiger partial charge on any atom is 0.433 e. The minimum Gasteiger partial charge on any atom is -0.322 e. The third kappa shape index (κ3) is 4.04. The van der Waals surface area contributed by atoms with Crippen molar-refractivity contribution in [3.05, 3.63) is 57.8 Å². The summed E-state index contributed by atoms with van der Waals surface area (Å²) < 4.78 is 38.0. The Labute approximate surface area is 127 Å². The topological polar surface area (TPSA) is 42.0 Å². The Hall–Kier alpha value is -1.89. The monoisotopic (exact) mass is 358 g/mol. The molecule has 0 unspecified atom stereocenters. The Morgan fingerprint density at radius 3 is 2.48 bits per heavy atom. The van der Waals surface area contributed by atoms with Crippen molar-refractivity contribution >= 4 is 27.5 Å². The van der Waals surface area contributed by atoms with E-state index in [2.05, 4.69) is 26.2 Å². The molecule has 7 heteroatoms. The number of hydrogen-bond acceptors (Lipinski definition) is 2. The van der Waals surface area contributed by atoms with E-state index in [9.17, 15) is 18.0 Å². The predicted molar refractivity (Wildman–Crippen MR) is 76.1 cm³/mol. The lowest BCUT2D eigenvalue weighted by molar-refractivity contribution is -0.141. The molecule has 0 atom stereocenters. The molecule has 0 saturated carbocycles. The molecular weight excluding hydrogens is 349 g/mol. The molecule has 110 valence electrons. The summed E-state index contributed by atoms with van der Waals surface area (Å²) in [4.78, 5) is 15.2. The number of halogens is 4. The van der Waals surface area contributed by atoms with Crippen LogP contribution >= 0.6 is 15.9 Å². The van der Waals surface area contributed by atoms with Crippen molar-refractivity contribution < 1.29 is 18.0 Å². The molecule has 1 aromatic heterocycles. The first-order chi connectivity index (χ1) is 9.75. The van der Waals surface area contributed by atoms with E-state index in [1.165, 1.54) is 0 Å². The van der Waals surface area contributed by atoms with Crippen LogP contribution in [-0.4, -0.2) is 10.9 Å². The summed E-state index contributed by atoms with van der Waals surface area (Å²) in [7, 11) is 0. The summed E-state index contributed by atoms with van der Waals surface area (Å²) in [6.07, 6.45) is -3.61. The van der Waals surface area contributed by atoms with Crippen LogP contribution in [0.3, 0.4) is 0 Å². The molecule has 0 spiro atoms. The van der Waals surface area contributed by atoms with E-state index in [1.807, 2.05) is 13.0 Å². The minimum absolute atomic E-state index is 0.0561. The standard InChI is InChI=1S/C14H10BrF3N2O/c1-8-4-10(15)6-11(5-8)20-13(21)9-2-3-12(19-7-9)14(16,17)18/h2-7H,1H3,(H,20,21). The fraction of sp³-hybridized carbons (Fsp3) is 0.143. The molecule has 0 aliphatic heterocycles. The number of nitrogens with zero attached hydrogens (tertiary/aromatic N) is 1. The highest BCUT2D eigenvalue weighted by Gasteiger charge is 2.32. The number of nitrogens with one attached hydrogen (secondary N) is 1. The van der Waals surface area contributed by atoms with Crippen molar-refractivity contribution in [1.82, 2.24) is 4.98 Å². The quantitative estimate of drug-likeness (QED) is 0.862. The Bertz CT molecular complexity index is 649. The van der Waals surface area contributed by atoms with Crippen molar-refractivity contribution in [2.45, 2.75) is 13.1 Å². The SMILES string of the molecule is Cc1cc(Br)cc(NC(=O)c2ccc(C(F)(F)F)nc2)c1. The third-order valence-corrected chi connectivity index (χ3v) is 3.07. The lowest BCUT2D eigenvalue weighted by atomic mass is 10.2. The second kappa shape index (κ2) is 5.85. The summed E-state index contributed by atoms with van der Waals surface area (Å²) >= 11 is 3.30. The van der Waals surface area contributed by atoms with Gasteiger partial charge in [0.1, 0.15) is 5.69 Å². The van der Waals surface area contributed by atoms with E-state index in [1.54, 1.807) is 12.1 Å². The van der Waals surface area contributed by atoms with E-state index in [0.29, 0.717) is 5.69 Å². The number of hydrogen-bond donors (Lipinski definition) is 1. The van der Waals surface area contributed by atoms with Crippen molar-refractivity contribution in [2.75, 3.05) is 5.32 Å². The van der Waals surface area contributed by atoms with Gasteiger partial charge in [0.15, 0.2) is 0 Å². The van der Waals surface area contributed by atoms with E-state index < -0.39 is 17.8 Å². The van der Waals surface area contributed by atoms with E-state index >= 15 is 0 Å². The van der Waals surface area contributed by atoms with Crippen LogP contribution in [0.1, 0.15) is 21.6 Å². The van der Waals surface area contributed by atoms with Gasteiger partial charge in [-0.2, -0.15) is 13.2 Å². The van der Waals surface area contributed by atoms with Crippen LogP contribution in [0.2, 0.25) is 0 Å². The molecule has 0 radical (unpaired) electrons. The number of anilines is 1. The van der Waals surface area contributed by atoms with Gasteiger partial charge < -0.3 is 5.32 Å². The molecule has 3 nitrogen and oxygen atoms in total. The van der Waals surface area contributed by atoms with Crippen LogP contribution in [-0.2, 0) is 6.18 Å². The normalized spacial score (nSPS) is 11.3. The van der Waals surface area contributed by atoms with Crippen LogP contribution in [0, 0.1) is 6.92 Å². The van der Waals surface area contributed by atoms with Crippen molar-refractivity contribution in [3.8, 4) is 0 Å². The lowest BCUT2D eigenvalue weighted by Crippen LogP contribution is -2.14. The maximum atomic E-state index is 12.4. The molecule has 1 aromatic carbocycles. The average Bonchev–Trinajstić information content (AvgIpc) is 2.36. The van der Waals surface area contributed by atoms with Gasteiger partial charge in [0, 0.05) is 16.4 Å². The molecule has 0 saturated heterocycles. The molecule has 0 aliphatic rings. The highest BCUT2D eigenvalue weighted by Crippen LogP contribution is 2.27. The van der Waals surface area contributed by atoms with Gasteiger partial charge in [0.25, 0.3) is 5.91 Å². The summed E-state index contributed by atoms with van der Waals surface area (Å²) in [5.41, 5.74) is 0.509. The van der Waals surface area contributed by atoms with Gasteiger partial charge in [-0.1, -0.05) is 15.9 Å². The van der Waals surface area contributed by atoms with Crippen molar-refractivity contribution in [2.24, 2.45) is 0 Å². The van der Waals surface area contributed by atoms with Gasteiger partial charge >= 0.3 is 6.18 Å². The summed E-state index contributed by atoms with van der Waals surface area (Å²) in [5.74, 6) is -0.520. The predicted octanol–water partition coefficient (Wildman–Crippen LogP) is 4.42. The molecule has 2 rings (SSSR count). The Morgan fingerprint density at radius 1 is 1.24 bits per heavy atom. The molecule has 1 heterocycles. The second-order valence-corrected chi connectivity index (χ2v) is 5.32. The zero-order chi connectivity index (χ0) is 15.6. The first-order valence-electron chi connectivity index (χ1n) is 5.87. The summed E-state index contributed by atoms with van der Waals surface area (Å²) in [5, 5.41) is 2.61. The highest BCUT2D eigenvalue weighted by atomic mass is 79.9. The largest absolute Gasteiger partial charge is 0.433 e. The molecule has 21 heavy (non-hydrogen) atoms. The first kappa shape index (κ1) is 15.5. The fourth-order valence-electron chi connectivity index (χ4n) is 1.71. The van der Waals surface area contributed by atoms with Crippen LogP contribution in [0.4, 0.5) is 18.9 Å². The Balaban J connectivity index is 2.17. The zero-order valence-corrected chi connectivity index (χ0v) is 12.4. The van der Waals surface area contributed by atoms with Crippen LogP contribution < -0.4 is 5.32 Å². The number of aromatic nitrogens is 1. The Morgan fingerprint density at radius 2 is 1.95 bits per heavy atom. The number of aryl methyl sites for hydroxylation is 1. The number of pyridine rings is 1. The van der Waals surface area contributed by atoms with Crippen LogP contribution in [0.25, 0.3) is 0 Å². The molecule has 0 bridgehead atoms. The molecule has 2 aromatic rings.